The van der Waals surface area contributed by atoms with E-state index in [0.717, 1.165) is 0 Å². The molecule has 0 rings (SSSR count). The van der Waals surface area contributed by atoms with Crippen molar-refractivity contribution in [1.82, 2.24) is 0 Å². The van der Waals surface area contributed by atoms with E-state index in [1.165, 1.54) is 0 Å². The Kier molecular flexibility index (Phi) is 47.4. The fraction of sp³-hybridized carbons (Fsp3) is 0.500. The Hall–Kier alpha value is -4.15. The summed E-state index contributed by atoms with van der Waals surface area (Å²) in [6, 6.07) is 0. The van der Waals surface area contributed by atoms with E-state index in [4.69, 9.17) is 102 Å². The van der Waals surface area contributed by atoms with Gasteiger partial charge in [0, 0.05) is 0 Å². The Morgan fingerprint density at radius 1 is 0.203 bits per heavy atom. The molecule has 69 heavy (non-hydrogen) atoms. The van der Waals surface area contributed by atoms with Gasteiger partial charge < -0.3 is 108 Å². The van der Waals surface area contributed by atoms with Crippen molar-refractivity contribution in [2.24, 2.45) is 0 Å². The van der Waals surface area contributed by atoms with Gasteiger partial charge in [0.25, 0.3) is 0 Å². The number of carbonyl (C=O) groups is 15. The van der Waals surface area contributed by atoms with Gasteiger partial charge in [0.15, 0.2) is 28.0 Å². The van der Waals surface area contributed by atoms with Gasteiger partial charge in [-0.25, -0.2) is 24.0 Å². The summed E-state index contributed by atoms with van der Waals surface area (Å²) in [5.74, 6) is -25.1. The second-order valence-corrected chi connectivity index (χ2v) is 12.4. The molecule has 20 N–H and O–H groups in total. The molecular formula is C30H44Na4O35. The van der Waals surface area contributed by atoms with E-state index >= 15 is 0 Å². The number of aliphatic hydroxyl groups is 5. The first-order valence-electron chi connectivity index (χ1n) is 15.9. The Morgan fingerprint density at radius 2 is 0.261 bits per heavy atom. The predicted molar refractivity (Wildman–Crippen MR) is 190 cm³/mol. The third-order valence-corrected chi connectivity index (χ3v) is 6.43. The molecule has 0 aliphatic heterocycles. The van der Waals surface area contributed by atoms with Crippen LogP contribution in [0.3, 0.4) is 0 Å². The monoisotopic (exact) mass is 1060 g/mol. The van der Waals surface area contributed by atoms with Gasteiger partial charge in [-0.15, -0.1) is 0 Å². The molecule has 0 bridgehead atoms. The average Bonchev–Trinajstić information content (AvgIpc) is 3.01. The zero-order chi connectivity index (χ0) is 53.2. The second kappa shape index (κ2) is 38.6. The maximum atomic E-state index is 10.3. The third-order valence-electron chi connectivity index (χ3n) is 6.43. The number of hydrogen-bond donors (Lipinski definition) is 20. The molecule has 0 unspecified atom stereocenters. The third kappa shape index (κ3) is 42.5. The molecule has 0 aromatic carbocycles. The van der Waals surface area contributed by atoms with E-state index < -0.39 is 182 Å². The molecule has 0 saturated heterocycles. The summed E-state index contributed by atoms with van der Waals surface area (Å²) in [5.41, 5.74) is -13.7. The van der Waals surface area contributed by atoms with Crippen LogP contribution in [0.25, 0.3) is 0 Å². The normalized spacial score (nSPS) is 10.2. The fourth-order valence-corrected chi connectivity index (χ4v) is 3.57. The Morgan fingerprint density at radius 3 is 0.290 bits per heavy atom. The van der Waals surface area contributed by atoms with E-state index in [2.05, 4.69) is 0 Å². The van der Waals surface area contributed by atoms with Crippen molar-refractivity contribution in [1.29, 1.82) is 0 Å². The Bertz CT molecular complexity index is 1480. The molecule has 0 amide bonds. The van der Waals surface area contributed by atoms with Crippen molar-refractivity contribution >= 4 is 89.5 Å². The molecule has 0 atom stereocenters. The maximum Gasteiger partial charge on any atom is 1.00 e. The first kappa shape index (κ1) is 84.8. The summed E-state index contributed by atoms with van der Waals surface area (Å²) in [6.07, 6.45) is -11.4. The Labute approximate surface area is 475 Å². The number of rotatable bonds is 25. The first-order valence-corrected chi connectivity index (χ1v) is 15.9. The van der Waals surface area contributed by atoms with Gasteiger partial charge in [-0.05, 0) is 0 Å². The van der Waals surface area contributed by atoms with Gasteiger partial charge in [-0.3, -0.25) is 47.9 Å². The van der Waals surface area contributed by atoms with Crippen LogP contribution in [0.15, 0.2) is 0 Å². The molecule has 0 fully saturated rings. The zero-order valence-electron chi connectivity index (χ0n) is 40.1. The number of carboxylic acids is 15. The molecule has 35 nitrogen and oxygen atoms in total. The summed E-state index contributed by atoms with van der Waals surface area (Å²) >= 11 is 0. The van der Waals surface area contributed by atoms with Gasteiger partial charge in [0.1, 0.15) is 0 Å². The molecule has 0 radical (unpaired) electrons. The molecule has 0 aromatic heterocycles. The van der Waals surface area contributed by atoms with Crippen molar-refractivity contribution in [3.63, 3.8) is 0 Å². The van der Waals surface area contributed by atoms with Gasteiger partial charge in [-0.2, -0.15) is 0 Å². The summed E-state index contributed by atoms with van der Waals surface area (Å²) in [6.45, 7) is 0. The van der Waals surface area contributed by atoms with E-state index in [-0.39, 0.29) is 124 Å². The summed E-state index contributed by atoms with van der Waals surface area (Å²) in [5, 5.41) is 169. The van der Waals surface area contributed by atoms with Gasteiger partial charge in [0.2, 0.25) is 0 Å². The number of aliphatic carboxylic acids is 15. The van der Waals surface area contributed by atoms with E-state index in [1.54, 1.807) is 0 Å². The zero-order valence-corrected chi connectivity index (χ0v) is 44.1. The van der Waals surface area contributed by atoms with E-state index in [9.17, 15) is 71.9 Å². The molecule has 0 saturated carbocycles. The largest absolute Gasteiger partial charge is 1.00 e. The molecular weight excluding hydrogens is 1010 g/mol. The van der Waals surface area contributed by atoms with Crippen LogP contribution in [0.2, 0.25) is 0 Å². The second-order valence-electron chi connectivity index (χ2n) is 12.4. The van der Waals surface area contributed by atoms with Crippen LogP contribution in [0.1, 0.15) is 69.9 Å². The van der Waals surface area contributed by atoms with E-state index in [0.29, 0.717) is 0 Å². The minimum absolute atomic E-state index is 0. The summed E-state index contributed by atoms with van der Waals surface area (Å²) in [7, 11) is 0. The summed E-state index contributed by atoms with van der Waals surface area (Å²) in [4.78, 5) is 152. The van der Waals surface area contributed by atoms with Crippen LogP contribution >= 0.6 is 0 Å². The molecule has 0 aromatic rings. The molecule has 0 heterocycles. The minimum Gasteiger partial charge on any atom is -1.00 e. The Balaban J connectivity index is -0.0000000545. The first-order chi connectivity index (χ1) is 28.9. The van der Waals surface area contributed by atoms with Crippen LogP contribution < -0.4 is 118 Å². The SMILES string of the molecule is O=C(O)CC(O)(CC(=O)O)C(=O)O.O=C(O)CC(O)(CC(=O)O)C(=O)O.O=C(O)CC(O)(CC(=O)O)C(=O)O.O=C(O)CC(O)(CC(=O)O)C(=O)O.O=C(O)CC(O)(CC(=O)O)C(=O)O.[H-].[H-].[H-].[H-].[Na+].[Na+].[Na+].[Na+]. The molecule has 0 aliphatic rings. The van der Waals surface area contributed by atoms with Crippen LogP contribution in [0.5, 0.6) is 0 Å². The van der Waals surface area contributed by atoms with Crippen LogP contribution in [-0.4, -0.2) is 220 Å². The van der Waals surface area contributed by atoms with Crippen LogP contribution in [-0.2, 0) is 71.9 Å². The van der Waals surface area contributed by atoms with Gasteiger partial charge in [-0.1, -0.05) is 0 Å². The fourth-order valence-electron chi connectivity index (χ4n) is 3.57. The molecule has 39 heteroatoms. The smallest absolute Gasteiger partial charge is 1.00 e. The molecule has 0 spiro atoms. The van der Waals surface area contributed by atoms with Crippen molar-refractivity contribution in [3.05, 3.63) is 0 Å². The van der Waals surface area contributed by atoms with Crippen molar-refractivity contribution < 1.29 is 298 Å². The van der Waals surface area contributed by atoms with Crippen molar-refractivity contribution in [3.8, 4) is 0 Å². The average molecular weight is 1060 g/mol. The van der Waals surface area contributed by atoms with Crippen molar-refractivity contribution in [2.75, 3.05) is 0 Å². The van der Waals surface area contributed by atoms with Crippen LogP contribution in [0.4, 0.5) is 0 Å². The van der Waals surface area contributed by atoms with Gasteiger partial charge >= 0.3 is 208 Å². The molecule has 0 aliphatic carbocycles. The van der Waals surface area contributed by atoms with Gasteiger partial charge in [0.05, 0.1) is 64.2 Å². The number of carboxylic acid groups (broad SMARTS) is 15. The maximum absolute atomic E-state index is 10.3. The number of hydrogen-bond acceptors (Lipinski definition) is 20. The quantitative estimate of drug-likeness (QED) is 0.0378. The van der Waals surface area contributed by atoms with E-state index in [1.807, 2.05) is 0 Å². The minimum atomic E-state index is -2.74. The topological polar surface area (TPSA) is 661 Å². The van der Waals surface area contributed by atoms with Crippen LogP contribution in [0, 0.1) is 0 Å². The van der Waals surface area contributed by atoms with Crippen molar-refractivity contribution in [2.45, 2.75) is 92.2 Å². The summed E-state index contributed by atoms with van der Waals surface area (Å²) < 4.78 is 0. The predicted octanol–water partition coefficient (Wildman–Crippen LogP) is -17.8. The standard InChI is InChI=1S/5C6H8O7.4Na.4H/c5*7-3(8)1-6(13,5(11)12)2-4(9)10;;;;;;;;/h5*13H,1-2H2,(H,7,8)(H,9,10)(H,11,12);;;;;;;;/q;;;;;4*+1;4*-1. The molecule has 378 valence electrons.